The Bertz CT molecular complexity index is 213. The molecule has 82 valence electrons. The zero-order valence-corrected chi connectivity index (χ0v) is 10.4. The summed E-state index contributed by atoms with van der Waals surface area (Å²) in [7, 11) is 0. The lowest BCUT2D eigenvalue weighted by Gasteiger charge is -2.39. The van der Waals surface area contributed by atoms with E-state index in [1.807, 2.05) is 0 Å². The molecule has 14 heavy (non-hydrogen) atoms. The molecule has 2 nitrogen and oxygen atoms in total. The van der Waals surface area contributed by atoms with Gasteiger partial charge in [-0.05, 0) is 24.8 Å². The molecule has 1 saturated heterocycles. The summed E-state index contributed by atoms with van der Waals surface area (Å²) in [5.41, 5.74) is 6.09. The summed E-state index contributed by atoms with van der Waals surface area (Å²) in [5, 5.41) is 0. The highest BCUT2D eigenvalue weighted by atomic mass is 32.1. The number of nitrogens with zero attached hydrogens (tertiary/aromatic N) is 1. The first-order valence-corrected chi connectivity index (χ1v) is 5.83. The molecule has 1 atom stereocenters. The third kappa shape index (κ3) is 3.54. The van der Waals surface area contributed by atoms with Gasteiger partial charge in [0.05, 0.1) is 4.99 Å². The van der Waals surface area contributed by atoms with Gasteiger partial charge in [-0.15, -0.1) is 0 Å². The second-order valence-corrected chi connectivity index (χ2v) is 5.78. The van der Waals surface area contributed by atoms with Crippen molar-refractivity contribution < 1.29 is 0 Å². The van der Waals surface area contributed by atoms with E-state index in [1.54, 1.807) is 0 Å². The lowest BCUT2D eigenvalue weighted by Crippen LogP contribution is -2.43. The normalized spacial score (nSPS) is 24.5. The van der Waals surface area contributed by atoms with Crippen molar-refractivity contribution in [3.8, 4) is 0 Å². The average Bonchev–Trinajstić information content (AvgIpc) is 2.01. The van der Waals surface area contributed by atoms with E-state index in [0.29, 0.717) is 16.3 Å². The van der Waals surface area contributed by atoms with Crippen molar-refractivity contribution in [2.45, 2.75) is 33.6 Å². The maximum absolute atomic E-state index is 5.63. The summed E-state index contributed by atoms with van der Waals surface area (Å²) in [6.45, 7) is 10.2. The predicted molar refractivity (Wildman–Crippen MR) is 65.4 cm³/mol. The SMILES string of the molecule is CC(CN1CCCC(C)(C)C1)C(N)=S. The summed E-state index contributed by atoms with van der Waals surface area (Å²) in [6.07, 6.45) is 2.64. The predicted octanol–water partition coefficient (Wildman–Crippen LogP) is 2.03. The van der Waals surface area contributed by atoms with E-state index in [-0.39, 0.29) is 0 Å². The van der Waals surface area contributed by atoms with Crippen LogP contribution in [0, 0.1) is 11.3 Å². The van der Waals surface area contributed by atoms with Gasteiger partial charge in [-0.1, -0.05) is 33.0 Å². The van der Waals surface area contributed by atoms with Gasteiger partial charge in [0, 0.05) is 19.0 Å². The molecule has 2 N–H and O–H groups in total. The van der Waals surface area contributed by atoms with Gasteiger partial charge in [0.15, 0.2) is 0 Å². The first-order valence-electron chi connectivity index (χ1n) is 5.42. The van der Waals surface area contributed by atoms with E-state index >= 15 is 0 Å². The first kappa shape index (κ1) is 11.9. The third-order valence-electron chi connectivity index (χ3n) is 3.00. The van der Waals surface area contributed by atoms with E-state index in [1.165, 1.54) is 25.9 Å². The van der Waals surface area contributed by atoms with Crippen molar-refractivity contribution in [2.75, 3.05) is 19.6 Å². The lowest BCUT2D eigenvalue weighted by molar-refractivity contribution is 0.112. The molecular formula is C11H22N2S. The summed E-state index contributed by atoms with van der Waals surface area (Å²) in [6, 6.07) is 0. The molecule has 0 aromatic heterocycles. The average molecular weight is 214 g/mol. The van der Waals surface area contributed by atoms with Crippen molar-refractivity contribution >= 4 is 17.2 Å². The minimum Gasteiger partial charge on any atom is -0.393 e. The van der Waals surface area contributed by atoms with Crippen LogP contribution >= 0.6 is 12.2 Å². The molecule has 1 fully saturated rings. The molecule has 1 unspecified atom stereocenters. The molecule has 0 amide bonds. The van der Waals surface area contributed by atoms with Gasteiger partial charge in [0.1, 0.15) is 0 Å². The Morgan fingerprint density at radius 3 is 2.71 bits per heavy atom. The standard InChI is InChI=1S/C11H22N2S/c1-9(10(12)14)7-13-6-4-5-11(2,3)8-13/h9H,4-8H2,1-3H3,(H2,12,14). The summed E-state index contributed by atoms with van der Waals surface area (Å²) >= 11 is 4.99. The Morgan fingerprint density at radius 2 is 2.21 bits per heavy atom. The van der Waals surface area contributed by atoms with E-state index in [4.69, 9.17) is 18.0 Å². The van der Waals surface area contributed by atoms with Crippen molar-refractivity contribution in [3.05, 3.63) is 0 Å². The minimum absolute atomic E-state index is 0.346. The largest absolute Gasteiger partial charge is 0.393 e. The smallest absolute Gasteiger partial charge is 0.0768 e. The second kappa shape index (κ2) is 4.58. The van der Waals surface area contributed by atoms with Crippen molar-refractivity contribution in [3.63, 3.8) is 0 Å². The third-order valence-corrected chi connectivity index (χ3v) is 3.40. The van der Waals surface area contributed by atoms with E-state index < -0.39 is 0 Å². The molecule has 1 aliphatic heterocycles. The zero-order chi connectivity index (χ0) is 10.8. The monoisotopic (exact) mass is 214 g/mol. The summed E-state index contributed by atoms with van der Waals surface area (Å²) < 4.78 is 0. The van der Waals surface area contributed by atoms with Crippen LogP contribution in [-0.4, -0.2) is 29.5 Å². The van der Waals surface area contributed by atoms with Gasteiger partial charge >= 0.3 is 0 Å². The van der Waals surface area contributed by atoms with Gasteiger partial charge in [-0.3, -0.25) is 0 Å². The minimum atomic E-state index is 0.346. The molecule has 0 aliphatic carbocycles. The van der Waals surface area contributed by atoms with Crippen molar-refractivity contribution in [2.24, 2.45) is 17.1 Å². The quantitative estimate of drug-likeness (QED) is 0.729. The molecule has 0 saturated carbocycles. The topological polar surface area (TPSA) is 29.3 Å². The fourth-order valence-electron chi connectivity index (χ4n) is 2.18. The number of piperidine rings is 1. The molecule has 3 heteroatoms. The maximum atomic E-state index is 5.63. The Hall–Kier alpha value is -0.150. The molecule has 0 radical (unpaired) electrons. The Balaban J connectivity index is 2.42. The van der Waals surface area contributed by atoms with Crippen LogP contribution in [0.5, 0.6) is 0 Å². The fraction of sp³-hybridized carbons (Fsp3) is 0.909. The van der Waals surface area contributed by atoms with E-state index in [0.717, 1.165) is 6.54 Å². The van der Waals surface area contributed by atoms with E-state index in [2.05, 4.69) is 25.7 Å². The molecule has 1 rings (SSSR count). The Labute approximate surface area is 92.8 Å². The van der Waals surface area contributed by atoms with Crippen LogP contribution in [0.2, 0.25) is 0 Å². The lowest BCUT2D eigenvalue weighted by atomic mass is 9.84. The van der Waals surface area contributed by atoms with Gasteiger partial charge in [0.2, 0.25) is 0 Å². The fourth-order valence-corrected chi connectivity index (χ4v) is 2.25. The molecule has 1 heterocycles. The number of nitrogens with two attached hydrogens (primary N) is 1. The van der Waals surface area contributed by atoms with E-state index in [9.17, 15) is 0 Å². The van der Waals surface area contributed by atoms with Crippen LogP contribution in [0.15, 0.2) is 0 Å². The molecule has 0 aromatic carbocycles. The van der Waals surface area contributed by atoms with Gasteiger partial charge < -0.3 is 10.6 Å². The van der Waals surface area contributed by atoms with Crippen molar-refractivity contribution in [1.29, 1.82) is 0 Å². The number of thiocarbonyl (C=S) groups is 1. The van der Waals surface area contributed by atoms with Crippen LogP contribution in [0.4, 0.5) is 0 Å². The number of likely N-dealkylation sites (tertiary alicyclic amines) is 1. The molecule has 0 spiro atoms. The molecule has 0 bridgehead atoms. The second-order valence-electron chi connectivity index (χ2n) is 5.31. The highest BCUT2D eigenvalue weighted by Gasteiger charge is 2.27. The maximum Gasteiger partial charge on any atom is 0.0768 e. The number of rotatable bonds is 3. The first-order chi connectivity index (χ1) is 6.41. The molecule has 0 aromatic rings. The summed E-state index contributed by atoms with van der Waals surface area (Å²) in [4.78, 5) is 3.14. The highest BCUT2D eigenvalue weighted by Crippen LogP contribution is 2.28. The molecule has 1 aliphatic rings. The Kier molecular flexibility index (Phi) is 3.90. The highest BCUT2D eigenvalue weighted by molar-refractivity contribution is 7.80. The van der Waals surface area contributed by atoms with Crippen molar-refractivity contribution in [1.82, 2.24) is 4.90 Å². The van der Waals surface area contributed by atoms with Crippen LogP contribution < -0.4 is 5.73 Å². The summed E-state index contributed by atoms with van der Waals surface area (Å²) in [5.74, 6) is 0.346. The van der Waals surface area contributed by atoms with Gasteiger partial charge in [0.25, 0.3) is 0 Å². The molecular weight excluding hydrogens is 192 g/mol. The Morgan fingerprint density at radius 1 is 1.57 bits per heavy atom. The van der Waals surface area contributed by atoms with Crippen LogP contribution in [0.25, 0.3) is 0 Å². The van der Waals surface area contributed by atoms with Crippen LogP contribution in [-0.2, 0) is 0 Å². The number of hydrogen-bond donors (Lipinski definition) is 1. The van der Waals surface area contributed by atoms with Gasteiger partial charge in [-0.2, -0.15) is 0 Å². The number of hydrogen-bond acceptors (Lipinski definition) is 2. The zero-order valence-electron chi connectivity index (χ0n) is 9.55. The van der Waals surface area contributed by atoms with Crippen LogP contribution in [0.1, 0.15) is 33.6 Å². The van der Waals surface area contributed by atoms with Crippen LogP contribution in [0.3, 0.4) is 0 Å². The van der Waals surface area contributed by atoms with Gasteiger partial charge in [-0.25, -0.2) is 0 Å².